The van der Waals surface area contributed by atoms with Crippen LogP contribution in [0.1, 0.15) is 36.3 Å². The number of hydrogen-bond donors (Lipinski definition) is 2. The maximum Gasteiger partial charge on any atom is 0.254 e. The predicted molar refractivity (Wildman–Crippen MR) is 78.6 cm³/mol. The minimum absolute atomic E-state index is 0.102. The van der Waals surface area contributed by atoms with Gasteiger partial charge in [-0.3, -0.25) is 9.48 Å². The summed E-state index contributed by atoms with van der Waals surface area (Å²) in [4.78, 5) is 12.0. The first-order chi connectivity index (χ1) is 9.56. The lowest BCUT2D eigenvalue weighted by Gasteiger charge is -2.08. The summed E-state index contributed by atoms with van der Waals surface area (Å²) in [5.74, 6) is 0.406. The summed E-state index contributed by atoms with van der Waals surface area (Å²) < 4.78 is 7.24. The van der Waals surface area contributed by atoms with Crippen LogP contribution in [0.25, 0.3) is 0 Å². The van der Waals surface area contributed by atoms with Crippen LogP contribution in [-0.4, -0.2) is 42.0 Å². The molecule has 3 N–H and O–H groups in total. The highest BCUT2D eigenvalue weighted by molar-refractivity contribution is 5.94. The zero-order valence-corrected chi connectivity index (χ0v) is 12.7. The van der Waals surface area contributed by atoms with Crippen LogP contribution >= 0.6 is 0 Å². The number of aromatic nitrogens is 2. The van der Waals surface area contributed by atoms with Gasteiger partial charge in [-0.15, -0.1) is 0 Å². The van der Waals surface area contributed by atoms with E-state index in [1.54, 1.807) is 6.20 Å². The van der Waals surface area contributed by atoms with E-state index in [9.17, 15) is 4.79 Å². The normalized spacial score (nSPS) is 11.1. The first kappa shape index (κ1) is 16.7. The van der Waals surface area contributed by atoms with E-state index in [0.29, 0.717) is 37.8 Å². The van der Waals surface area contributed by atoms with Gasteiger partial charge in [0, 0.05) is 25.4 Å². The van der Waals surface area contributed by atoms with Crippen LogP contribution < -0.4 is 11.1 Å². The Morgan fingerprint density at radius 1 is 1.55 bits per heavy atom. The molecule has 1 aromatic heterocycles. The SMILES string of the molecule is Cc1c(C(=O)NCCOCC(C)C)cnn1CCCN. The van der Waals surface area contributed by atoms with E-state index in [1.807, 2.05) is 11.6 Å². The average Bonchev–Trinajstić information content (AvgIpc) is 2.76. The van der Waals surface area contributed by atoms with Crippen molar-refractivity contribution in [1.29, 1.82) is 0 Å². The lowest BCUT2D eigenvalue weighted by Crippen LogP contribution is -2.28. The summed E-state index contributed by atoms with van der Waals surface area (Å²) in [6.07, 6.45) is 2.46. The first-order valence-corrected chi connectivity index (χ1v) is 7.14. The van der Waals surface area contributed by atoms with Gasteiger partial charge >= 0.3 is 0 Å². The Labute approximate surface area is 120 Å². The van der Waals surface area contributed by atoms with Gasteiger partial charge in [0.1, 0.15) is 0 Å². The molecule has 0 fully saturated rings. The van der Waals surface area contributed by atoms with E-state index in [-0.39, 0.29) is 5.91 Å². The minimum atomic E-state index is -0.102. The van der Waals surface area contributed by atoms with E-state index in [4.69, 9.17) is 10.5 Å². The molecule has 0 unspecified atom stereocenters. The Bertz CT molecular complexity index is 415. The van der Waals surface area contributed by atoms with Gasteiger partial charge in [0.2, 0.25) is 0 Å². The lowest BCUT2D eigenvalue weighted by molar-refractivity contribution is 0.0885. The third-order valence-corrected chi connectivity index (χ3v) is 2.90. The molecule has 0 atom stereocenters. The standard InChI is InChI=1S/C14H26N4O2/c1-11(2)10-20-8-6-16-14(19)13-9-17-18(12(13)3)7-4-5-15/h9,11H,4-8,10,15H2,1-3H3,(H,16,19). The maximum absolute atomic E-state index is 12.0. The lowest BCUT2D eigenvalue weighted by atomic mass is 10.2. The van der Waals surface area contributed by atoms with Crippen LogP contribution in [0.4, 0.5) is 0 Å². The second kappa shape index (κ2) is 8.71. The van der Waals surface area contributed by atoms with Gasteiger partial charge < -0.3 is 15.8 Å². The summed E-state index contributed by atoms with van der Waals surface area (Å²) in [6, 6.07) is 0. The van der Waals surface area contributed by atoms with Crippen molar-refractivity contribution in [2.75, 3.05) is 26.3 Å². The number of nitrogens with two attached hydrogens (primary N) is 1. The fraction of sp³-hybridized carbons (Fsp3) is 0.714. The van der Waals surface area contributed by atoms with E-state index < -0.39 is 0 Å². The van der Waals surface area contributed by atoms with Crippen molar-refractivity contribution >= 4 is 5.91 Å². The number of ether oxygens (including phenoxy) is 1. The van der Waals surface area contributed by atoms with E-state index in [0.717, 1.165) is 18.7 Å². The zero-order valence-electron chi connectivity index (χ0n) is 12.7. The van der Waals surface area contributed by atoms with Crippen molar-refractivity contribution in [2.24, 2.45) is 11.7 Å². The Hall–Kier alpha value is -1.40. The quantitative estimate of drug-likeness (QED) is 0.660. The summed E-state index contributed by atoms with van der Waals surface area (Å²) in [5.41, 5.74) is 6.96. The van der Waals surface area contributed by atoms with Crippen LogP contribution in [0.15, 0.2) is 6.20 Å². The molecule has 20 heavy (non-hydrogen) atoms. The monoisotopic (exact) mass is 282 g/mol. The smallest absolute Gasteiger partial charge is 0.254 e. The van der Waals surface area contributed by atoms with Crippen molar-refractivity contribution in [3.63, 3.8) is 0 Å². The Balaban J connectivity index is 2.38. The number of nitrogens with one attached hydrogen (secondary N) is 1. The third kappa shape index (κ3) is 5.30. The molecule has 0 aliphatic heterocycles. The van der Waals surface area contributed by atoms with Crippen molar-refractivity contribution < 1.29 is 9.53 Å². The highest BCUT2D eigenvalue weighted by Crippen LogP contribution is 2.07. The molecular formula is C14H26N4O2. The molecule has 0 aliphatic rings. The van der Waals surface area contributed by atoms with Gasteiger partial charge in [0.05, 0.1) is 18.4 Å². The van der Waals surface area contributed by atoms with E-state index in [1.165, 1.54) is 0 Å². The van der Waals surface area contributed by atoms with Crippen LogP contribution in [0.2, 0.25) is 0 Å². The number of aryl methyl sites for hydroxylation is 1. The topological polar surface area (TPSA) is 82.2 Å². The van der Waals surface area contributed by atoms with Crippen LogP contribution in [0, 0.1) is 12.8 Å². The van der Waals surface area contributed by atoms with Crippen molar-refractivity contribution in [1.82, 2.24) is 15.1 Å². The van der Waals surface area contributed by atoms with Gasteiger partial charge in [0.15, 0.2) is 0 Å². The number of nitrogens with zero attached hydrogens (tertiary/aromatic N) is 2. The molecule has 0 bridgehead atoms. The predicted octanol–water partition coefficient (Wildman–Crippen LogP) is 0.943. The highest BCUT2D eigenvalue weighted by atomic mass is 16.5. The summed E-state index contributed by atoms with van der Waals surface area (Å²) in [6.45, 7) is 9.21. The number of carbonyl (C=O) groups excluding carboxylic acids is 1. The van der Waals surface area contributed by atoms with E-state index >= 15 is 0 Å². The molecule has 0 spiro atoms. The first-order valence-electron chi connectivity index (χ1n) is 7.14. The fourth-order valence-corrected chi connectivity index (χ4v) is 1.79. The van der Waals surface area contributed by atoms with Gasteiger partial charge in [-0.25, -0.2) is 0 Å². The summed E-state index contributed by atoms with van der Waals surface area (Å²) in [5, 5.41) is 7.05. The van der Waals surface area contributed by atoms with Crippen molar-refractivity contribution in [3.05, 3.63) is 17.5 Å². The van der Waals surface area contributed by atoms with Crippen LogP contribution in [0.3, 0.4) is 0 Å². The molecule has 0 saturated carbocycles. The summed E-state index contributed by atoms with van der Waals surface area (Å²) in [7, 11) is 0. The second-order valence-corrected chi connectivity index (χ2v) is 5.23. The van der Waals surface area contributed by atoms with Crippen molar-refractivity contribution in [3.8, 4) is 0 Å². The van der Waals surface area contributed by atoms with Gasteiger partial charge in [-0.2, -0.15) is 5.10 Å². The largest absolute Gasteiger partial charge is 0.379 e. The van der Waals surface area contributed by atoms with Crippen LogP contribution in [-0.2, 0) is 11.3 Å². The molecule has 1 heterocycles. The Morgan fingerprint density at radius 2 is 2.30 bits per heavy atom. The molecule has 0 saturated heterocycles. The molecule has 1 amide bonds. The number of carbonyl (C=O) groups is 1. The molecule has 6 nitrogen and oxygen atoms in total. The van der Waals surface area contributed by atoms with Gasteiger partial charge in [0.25, 0.3) is 5.91 Å². The molecule has 0 aromatic carbocycles. The number of rotatable bonds is 9. The molecule has 0 radical (unpaired) electrons. The van der Waals surface area contributed by atoms with Crippen molar-refractivity contribution in [2.45, 2.75) is 33.7 Å². The van der Waals surface area contributed by atoms with Gasteiger partial charge in [-0.1, -0.05) is 13.8 Å². The molecule has 0 aliphatic carbocycles. The molecule has 1 aromatic rings. The highest BCUT2D eigenvalue weighted by Gasteiger charge is 2.13. The Kier molecular flexibility index (Phi) is 7.25. The Morgan fingerprint density at radius 3 is 2.95 bits per heavy atom. The van der Waals surface area contributed by atoms with Crippen LogP contribution in [0.5, 0.6) is 0 Å². The third-order valence-electron chi connectivity index (χ3n) is 2.90. The maximum atomic E-state index is 12.0. The molecule has 114 valence electrons. The molecular weight excluding hydrogens is 256 g/mol. The zero-order chi connectivity index (χ0) is 15.0. The average molecular weight is 282 g/mol. The molecule has 6 heteroatoms. The molecule has 1 rings (SSSR count). The van der Waals surface area contributed by atoms with Gasteiger partial charge in [-0.05, 0) is 25.8 Å². The number of amides is 1. The fourth-order valence-electron chi connectivity index (χ4n) is 1.79. The van der Waals surface area contributed by atoms with E-state index in [2.05, 4.69) is 24.3 Å². The summed E-state index contributed by atoms with van der Waals surface area (Å²) >= 11 is 0. The number of hydrogen-bond acceptors (Lipinski definition) is 4. The second-order valence-electron chi connectivity index (χ2n) is 5.23. The minimum Gasteiger partial charge on any atom is -0.379 e.